The minimum Gasteiger partial charge on any atom is -0.479 e. The number of hydrogen-bond donors (Lipinski definition) is 1. The summed E-state index contributed by atoms with van der Waals surface area (Å²) < 4.78 is 5.15. The highest BCUT2D eigenvalue weighted by molar-refractivity contribution is 6.29. The maximum absolute atomic E-state index is 12.0. The molecule has 2 aromatic rings. The molecule has 0 aliphatic carbocycles. The van der Waals surface area contributed by atoms with Crippen LogP contribution in [0.3, 0.4) is 0 Å². The number of amides is 1. The Labute approximate surface area is 120 Å². The van der Waals surface area contributed by atoms with E-state index in [-0.39, 0.29) is 23.4 Å². The minimum absolute atomic E-state index is 0.0484. The quantitative estimate of drug-likeness (QED) is 0.877. The second-order valence-corrected chi connectivity index (χ2v) is 4.16. The van der Waals surface area contributed by atoms with E-state index in [0.717, 1.165) is 0 Å². The SMILES string of the molecule is N#CCOc1cccc(NC(=O)c2cccc(Cl)n2)c1. The van der Waals surface area contributed by atoms with Crippen LogP contribution in [0.5, 0.6) is 5.75 Å². The van der Waals surface area contributed by atoms with E-state index in [1.807, 2.05) is 6.07 Å². The van der Waals surface area contributed by atoms with Crippen LogP contribution in [0.1, 0.15) is 10.5 Å². The van der Waals surface area contributed by atoms with Gasteiger partial charge in [0.2, 0.25) is 0 Å². The number of pyridine rings is 1. The number of aromatic nitrogens is 1. The maximum Gasteiger partial charge on any atom is 0.274 e. The van der Waals surface area contributed by atoms with E-state index in [9.17, 15) is 4.79 Å². The van der Waals surface area contributed by atoms with Crippen LogP contribution >= 0.6 is 11.6 Å². The molecule has 0 spiro atoms. The van der Waals surface area contributed by atoms with E-state index in [2.05, 4.69) is 10.3 Å². The number of nitriles is 1. The molecule has 0 saturated heterocycles. The number of hydrogen-bond acceptors (Lipinski definition) is 4. The predicted molar refractivity (Wildman–Crippen MR) is 74.8 cm³/mol. The second-order valence-electron chi connectivity index (χ2n) is 3.77. The first-order chi connectivity index (χ1) is 9.69. The largest absolute Gasteiger partial charge is 0.479 e. The van der Waals surface area contributed by atoms with Gasteiger partial charge >= 0.3 is 0 Å². The normalized spacial score (nSPS) is 9.60. The highest BCUT2D eigenvalue weighted by Crippen LogP contribution is 2.18. The fourth-order valence-electron chi connectivity index (χ4n) is 1.51. The van der Waals surface area contributed by atoms with E-state index in [1.165, 1.54) is 0 Å². The Morgan fingerprint density at radius 1 is 1.35 bits per heavy atom. The van der Waals surface area contributed by atoms with Crippen molar-refractivity contribution in [1.29, 1.82) is 5.26 Å². The van der Waals surface area contributed by atoms with Crippen molar-refractivity contribution in [3.63, 3.8) is 0 Å². The zero-order valence-corrected chi connectivity index (χ0v) is 11.1. The number of carbonyl (C=O) groups excluding carboxylic acids is 1. The highest BCUT2D eigenvalue weighted by Gasteiger charge is 2.08. The lowest BCUT2D eigenvalue weighted by Gasteiger charge is -2.07. The van der Waals surface area contributed by atoms with Gasteiger partial charge < -0.3 is 10.1 Å². The van der Waals surface area contributed by atoms with Gasteiger partial charge in [-0.1, -0.05) is 23.7 Å². The summed E-state index contributed by atoms with van der Waals surface area (Å²) in [6, 6.07) is 13.4. The van der Waals surface area contributed by atoms with Gasteiger partial charge in [-0.05, 0) is 24.3 Å². The molecule has 0 aliphatic heterocycles. The molecule has 0 unspecified atom stereocenters. The van der Waals surface area contributed by atoms with Crippen molar-refractivity contribution in [3.05, 3.63) is 53.3 Å². The predicted octanol–water partition coefficient (Wildman–Crippen LogP) is 2.89. The maximum atomic E-state index is 12.0. The average Bonchev–Trinajstić information content (AvgIpc) is 2.45. The monoisotopic (exact) mass is 287 g/mol. The molecule has 1 amide bonds. The Kier molecular flexibility index (Phi) is 4.53. The van der Waals surface area contributed by atoms with Crippen molar-refractivity contribution in [2.45, 2.75) is 0 Å². The number of anilines is 1. The van der Waals surface area contributed by atoms with Crippen LogP contribution in [0.4, 0.5) is 5.69 Å². The number of nitrogens with zero attached hydrogens (tertiary/aromatic N) is 2. The molecule has 0 bridgehead atoms. The molecule has 20 heavy (non-hydrogen) atoms. The third-order valence-corrected chi connectivity index (χ3v) is 2.55. The Hall–Kier alpha value is -2.58. The molecule has 0 saturated carbocycles. The van der Waals surface area contributed by atoms with Gasteiger partial charge in [-0.3, -0.25) is 4.79 Å². The first-order valence-electron chi connectivity index (χ1n) is 5.73. The van der Waals surface area contributed by atoms with Crippen LogP contribution in [-0.4, -0.2) is 17.5 Å². The van der Waals surface area contributed by atoms with Gasteiger partial charge in [0.05, 0.1) is 0 Å². The van der Waals surface area contributed by atoms with E-state index in [0.29, 0.717) is 11.4 Å². The topological polar surface area (TPSA) is 75.0 Å². The van der Waals surface area contributed by atoms with Gasteiger partial charge in [0.15, 0.2) is 6.61 Å². The number of benzene rings is 1. The standard InChI is InChI=1S/C14H10ClN3O2/c15-13-6-2-5-12(18-13)14(19)17-10-3-1-4-11(9-10)20-8-7-16/h1-6,9H,8H2,(H,17,19). The van der Waals surface area contributed by atoms with Crippen molar-refractivity contribution in [3.8, 4) is 11.8 Å². The molecular formula is C14H10ClN3O2. The van der Waals surface area contributed by atoms with Crippen LogP contribution in [0, 0.1) is 11.3 Å². The molecule has 1 heterocycles. The van der Waals surface area contributed by atoms with E-state index < -0.39 is 0 Å². The van der Waals surface area contributed by atoms with Gasteiger partial charge in [-0.15, -0.1) is 0 Å². The summed E-state index contributed by atoms with van der Waals surface area (Å²) in [5.41, 5.74) is 0.771. The fraction of sp³-hybridized carbons (Fsp3) is 0.0714. The van der Waals surface area contributed by atoms with Crippen molar-refractivity contribution < 1.29 is 9.53 Å². The molecule has 2 rings (SSSR count). The third kappa shape index (κ3) is 3.70. The second kappa shape index (κ2) is 6.55. The number of carbonyl (C=O) groups is 1. The van der Waals surface area contributed by atoms with Gasteiger partial charge in [0.25, 0.3) is 5.91 Å². The van der Waals surface area contributed by atoms with Gasteiger partial charge in [0, 0.05) is 11.8 Å². The Morgan fingerprint density at radius 3 is 2.90 bits per heavy atom. The lowest BCUT2D eigenvalue weighted by atomic mass is 10.2. The number of ether oxygens (including phenoxy) is 1. The zero-order valence-electron chi connectivity index (χ0n) is 10.3. The molecule has 6 heteroatoms. The van der Waals surface area contributed by atoms with E-state index in [4.69, 9.17) is 21.6 Å². The van der Waals surface area contributed by atoms with Crippen LogP contribution in [-0.2, 0) is 0 Å². The molecule has 1 aromatic heterocycles. The summed E-state index contributed by atoms with van der Waals surface area (Å²) in [5, 5.41) is 11.4. The van der Waals surface area contributed by atoms with Gasteiger partial charge in [-0.2, -0.15) is 5.26 Å². The van der Waals surface area contributed by atoms with Crippen molar-refractivity contribution >= 4 is 23.2 Å². The molecule has 0 atom stereocenters. The summed E-state index contributed by atoms with van der Waals surface area (Å²) in [5.74, 6) is 0.133. The van der Waals surface area contributed by atoms with Crippen LogP contribution in [0.2, 0.25) is 5.15 Å². The van der Waals surface area contributed by atoms with Crippen LogP contribution in [0.25, 0.3) is 0 Å². The molecule has 5 nitrogen and oxygen atoms in total. The highest BCUT2D eigenvalue weighted by atomic mass is 35.5. The summed E-state index contributed by atoms with van der Waals surface area (Å²) >= 11 is 5.73. The number of nitrogens with one attached hydrogen (secondary N) is 1. The molecular weight excluding hydrogens is 278 g/mol. The fourth-order valence-corrected chi connectivity index (χ4v) is 1.67. The van der Waals surface area contributed by atoms with Gasteiger partial charge in [-0.25, -0.2) is 4.98 Å². The number of rotatable bonds is 4. The molecule has 0 aliphatic rings. The smallest absolute Gasteiger partial charge is 0.274 e. The van der Waals surface area contributed by atoms with E-state index in [1.54, 1.807) is 42.5 Å². The minimum atomic E-state index is -0.370. The lowest BCUT2D eigenvalue weighted by Crippen LogP contribution is -2.13. The summed E-state index contributed by atoms with van der Waals surface area (Å²) in [6.45, 7) is -0.0484. The van der Waals surface area contributed by atoms with Crippen molar-refractivity contribution in [2.24, 2.45) is 0 Å². The molecule has 0 fully saturated rings. The van der Waals surface area contributed by atoms with Crippen LogP contribution in [0.15, 0.2) is 42.5 Å². The number of halogens is 1. The molecule has 0 radical (unpaired) electrons. The zero-order chi connectivity index (χ0) is 14.4. The summed E-state index contributed by atoms with van der Waals surface area (Å²) in [6.07, 6.45) is 0. The lowest BCUT2D eigenvalue weighted by molar-refractivity contribution is 0.102. The van der Waals surface area contributed by atoms with E-state index >= 15 is 0 Å². The van der Waals surface area contributed by atoms with Crippen molar-refractivity contribution in [1.82, 2.24) is 4.98 Å². The molecule has 1 N–H and O–H groups in total. The first-order valence-corrected chi connectivity index (χ1v) is 6.10. The Balaban J connectivity index is 2.10. The molecule has 100 valence electrons. The van der Waals surface area contributed by atoms with Crippen LogP contribution < -0.4 is 10.1 Å². The third-order valence-electron chi connectivity index (χ3n) is 2.34. The van der Waals surface area contributed by atoms with Gasteiger partial charge in [0.1, 0.15) is 22.7 Å². The summed E-state index contributed by atoms with van der Waals surface area (Å²) in [7, 11) is 0. The summed E-state index contributed by atoms with van der Waals surface area (Å²) in [4.78, 5) is 15.9. The average molecular weight is 288 g/mol. The Morgan fingerprint density at radius 2 is 2.15 bits per heavy atom. The Bertz CT molecular complexity index is 667. The first kappa shape index (κ1) is 13.8. The van der Waals surface area contributed by atoms with Crippen molar-refractivity contribution in [2.75, 3.05) is 11.9 Å². The molecule has 1 aromatic carbocycles.